The SMILES string of the molecule is C=CC(=O)N1CCC(C(=O)Nc2cccc(C(N)=O)c2)(c2ccccc2)CC1. The van der Waals surface area contributed by atoms with Crippen molar-refractivity contribution in [1.29, 1.82) is 0 Å². The molecular weight excluding hydrogens is 354 g/mol. The average molecular weight is 377 g/mol. The number of nitrogens with two attached hydrogens (primary N) is 1. The van der Waals surface area contributed by atoms with Crippen molar-refractivity contribution in [3.8, 4) is 0 Å². The van der Waals surface area contributed by atoms with E-state index in [0.29, 0.717) is 37.2 Å². The summed E-state index contributed by atoms with van der Waals surface area (Å²) in [6.07, 6.45) is 2.29. The van der Waals surface area contributed by atoms with E-state index >= 15 is 0 Å². The van der Waals surface area contributed by atoms with Crippen molar-refractivity contribution in [1.82, 2.24) is 4.90 Å². The Morgan fingerprint density at radius 1 is 1.04 bits per heavy atom. The molecule has 3 rings (SSSR count). The molecule has 3 N–H and O–H groups in total. The lowest BCUT2D eigenvalue weighted by Gasteiger charge is -2.40. The fourth-order valence-electron chi connectivity index (χ4n) is 3.64. The minimum Gasteiger partial charge on any atom is -0.366 e. The molecule has 2 aromatic rings. The molecule has 28 heavy (non-hydrogen) atoms. The predicted molar refractivity (Wildman–Crippen MR) is 108 cm³/mol. The molecule has 3 amide bonds. The van der Waals surface area contributed by atoms with Crippen LogP contribution in [0, 0.1) is 0 Å². The summed E-state index contributed by atoms with van der Waals surface area (Å²) in [5.74, 6) is -0.840. The zero-order valence-corrected chi connectivity index (χ0v) is 15.6. The molecule has 0 spiro atoms. The number of likely N-dealkylation sites (tertiary alicyclic amines) is 1. The minimum atomic E-state index is -0.762. The number of primary amides is 1. The van der Waals surface area contributed by atoms with Crippen LogP contribution in [0.1, 0.15) is 28.8 Å². The highest BCUT2D eigenvalue weighted by Crippen LogP contribution is 2.37. The summed E-state index contributed by atoms with van der Waals surface area (Å²) in [5, 5.41) is 2.93. The first-order valence-electron chi connectivity index (χ1n) is 9.14. The lowest BCUT2D eigenvalue weighted by atomic mass is 9.72. The molecule has 2 aromatic carbocycles. The first-order chi connectivity index (χ1) is 13.5. The zero-order valence-electron chi connectivity index (χ0n) is 15.6. The van der Waals surface area contributed by atoms with E-state index < -0.39 is 11.3 Å². The summed E-state index contributed by atoms with van der Waals surface area (Å²) >= 11 is 0. The van der Waals surface area contributed by atoms with Crippen LogP contribution in [0.4, 0.5) is 5.69 Å². The molecule has 1 heterocycles. The molecular formula is C22H23N3O3. The number of anilines is 1. The fraction of sp³-hybridized carbons (Fsp3) is 0.227. The first kappa shape index (κ1) is 19.4. The number of nitrogens with one attached hydrogen (secondary N) is 1. The van der Waals surface area contributed by atoms with Gasteiger partial charge in [0.25, 0.3) is 0 Å². The second-order valence-corrected chi connectivity index (χ2v) is 6.88. The fourth-order valence-corrected chi connectivity index (χ4v) is 3.64. The number of carbonyl (C=O) groups excluding carboxylic acids is 3. The summed E-state index contributed by atoms with van der Waals surface area (Å²) in [6.45, 7) is 4.47. The van der Waals surface area contributed by atoms with Crippen LogP contribution in [0.5, 0.6) is 0 Å². The van der Waals surface area contributed by atoms with Crippen molar-refractivity contribution in [3.05, 3.63) is 78.4 Å². The van der Waals surface area contributed by atoms with Crippen molar-refractivity contribution in [2.24, 2.45) is 5.73 Å². The van der Waals surface area contributed by atoms with E-state index in [1.54, 1.807) is 29.2 Å². The number of rotatable bonds is 5. The Morgan fingerprint density at radius 3 is 2.32 bits per heavy atom. The number of carbonyl (C=O) groups is 3. The van der Waals surface area contributed by atoms with Gasteiger partial charge >= 0.3 is 0 Å². The van der Waals surface area contributed by atoms with Crippen molar-refractivity contribution in [2.45, 2.75) is 18.3 Å². The molecule has 0 radical (unpaired) electrons. The number of benzene rings is 2. The molecule has 0 unspecified atom stereocenters. The Morgan fingerprint density at radius 2 is 1.71 bits per heavy atom. The third-order valence-corrected chi connectivity index (χ3v) is 5.27. The third kappa shape index (κ3) is 3.81. The van der Waals surface area contributed by atoms with Crippen LogP contribution in [0.25, 0.3) is 0 Å². The van der Waals surface area contributed by atoms with Gasteiger partial charge in [-0.25, -0.2) is 0 Å². The quantitative estimate of drug-likeness (QED) is 0.784. The van der Waals surface area contributed by atoms with Gasteiger partial charge in [-0.2, -0.15) is 0 Å². The first-order valence-corrected chi connectivity index (χ1v) is 9.14. The van der Waals surface area contributed by atoms with Gasteiger partial charge in [0.05, 0.1) is 5.41 Å². The number of hydrogen-bond acceptors (Lipinski definition) is 3. The maximum atomic E-state index is 13.4. The van der Waals surface area contributed by atoms with Gasteiger partial charge in [-0.1, -0.05) is 43.0 Å². The molecule has 6 heteroatoms. The van der Waals surface area contributed by atoms with E-state index in [1.165, 1.54) is 6.08 Å². The largest absolute Gasteiger partial charge is 0.366 e. The van der Waals surface area contributed by atoms with Gasteiger partial charge in [-0.05, 0) is 42.7 Å². The number of nitrogens with zero attached hydrogens (tertiary/aromatic N) is 1. The van der Waals surface area contributed by atoms with Gasteiger partial charge in [0, 0.05) is 24.3 Å². The highest BCUT2D eigenvalue weighted by Gasteiger charge is 2.43. The molecule has 1 aliphatic heterocycles. The lowest BCUT2D eigenvalue weighted by Crippen LogP contribution is -2.50. The van der Waals surface area contributed by atoms with Gasteiger partial charge in [0.2, 0.25) is 17.7 Å². The summed E-state index contributed by atoms with van der Waals surface area (Å²) in [6, 6.07) is 16.1. The Balaban J connectivity index is 1.89. The molecule has 1 fully saturated rings. The topological polar surface area (TPSA) is 92.5 Å². The molecule has 6 nitrogen and oxygen atoms in total. The summed E-state index contributed by atoms with van der Waals surface area (Å²) in [7, 11) is 0. The highest BCUT2D eigenvalue weighted by molar-refractivity contribution is 6.01. The Hall–Kier alpha value is -3.41. The average Bonchev–Trinajstić information content (AvgIpc) is 2.74. The Kier molecular flexibility index (Phi) is 5.59. The smallest absolute Gasteiger partial charge is 0.248 e. The summed E-state index contributed by atoms with van der Waals surface area (Å²) in [5.41, 5.74) is 6.32. The molecule has 0 aliphatic carbocycles. The van der Waals surface area contributed by atoms with Crippen LogP contribution >= 0.6 is 0 Å². The molecule has 144 valence electrons. The lowest BCUT2D eigenvalue weighted by molar-refractivity contribution is -0.131. The van der Waals surface area contributed by atoms with Crippen molar-refractivity contribution in [2.75, 3.05) is 18.4 Å². The van der Waals surface area contributed by atoms with Gasteiger partial charge in [-0.3, -0.25) is 14.4 Å². The van der Waals surface area contributed by atoms with Crippen molar-refractivity contribution < 1.29 is 14.4 Å². The number of hydrogen-bond donors (Lipinski definition) is 2. The second-order valence-electron chi connectivity index (χ2n) is 6.88. The monoisotopic (exact) mass is 377 g/mol. The van der Waals surface area contributed by atoms with E-state index in [4.69, 9.17) is 5.73 Å². The van der Waals surface area contributed by atoms with E-state index in [1.807, 2.05) is 30.3 Å². The normalized spacial score (nSPS) is 15.5. The van der Waals surface area contributed by atoms with Gasteiger partial charge < -0.3 is 16.0 Å². The number of piperidine rings is 1. The zero-order chi connectivity index (χ0) is 20.1. The van der Waals surface area contributed by atoms with Gasteiger partial charge in [-0.15, -0.1) is 0 Å². The maximum absolute atomic E-state index is 13.4. The van der Waals surface area contributed by atoms with Crippen molar-refractivity contribution in [3.63, 3.8) is 0 Å². The van der Waals surface area contributed by atoms with Crippen LogP contribution in [0.2, 0.25) is 0 Å². The van der Waals surface area contributed by atoms with Crippen LogP contribution < -0.4 is 11.1 Å². The van der Waals surface area contributed by atoms with E-state index in [2.05, 4.69) is 11.9 Å². The Bertz CT molecular complexity index is 900. The molecule has 0 atom stereocenters. The molecule has 0 aromatic heterocycles. The highest BCUT2D eigenvalue weighted by atomic mass is 16.2. The Labute approximate surface area is 164 Å². The summed E-state index contributed by atoms with van der Waals surface area (Å²) < 4.78 is 0. The van der Waals surface area contributed by atoms with Crippen LogP contribution in [-0.2, 0) is 15.0 Å². The van der Waals surface area contributed by atoms with Crippen LogP contribution in [-0.4, -0.2) is 35.7 Å². The molecule has 1 saturated heterocycles. The molecule has 0 saturated carbocycles. The molecule has 1 aliphatic rings. The van der Waals surface area contributed by atoms with E-state index in [-0.39, 0.29) is 11.8 Å². The minimum absolute atomic E-state index is 0.128. The van der Waals surface area contributed by atoms with Crippen LogP contribution in [0.3, 0.4) is 0 Å². The maximum Gasteiger partial charge on any atom is 0.248 e. The van der Waals surface area contributed by atoms with Gasteiger partial charge in [0.1, 0.15) is 0 Å². The van der Waals surface area contributed by atoms with Gasteiger partial charge in [0.15, 0.2) is 0 Å². The number of amides is 3. The standard InChI is InChI=1S/C22H23N3O3/c1-2-19(26)25-13-11-22(12-14-25,17-8-4-3-5-9-17)21(28)24-18-10-6-7-16(15-18)20(23)27/h2-10,15H,1,11-14H2,(H2,23,27)(H,24,28). The summed E-state index contributed by atoms with van der Waals surface area (Å²) in [4.78, 5) is 38.4. The third-order valence-electron chi connectivity index (χ3n) is 5.27. The van der Waals surface area contributed by atoms with E-state index in [9.17, 15) is 14.4 Å². The van der Waals surface area contributed by atoms with Crippen molar-refractivity contribution >= 4 is 23.4 Å². The predicted octanol–water partition coefficient (Wildman–Crippen LogP) is 2.47. The molecule has 0 bridgehead atoms. The van der Waals surface area contributed by atoms with Crippen LogP contribution in [0.15, 0.2) is 67.3 Å². The van der Waals surface area contributed by atoms with E-state index in [0.717, 1.165) is 5.56 Å². The second kappa shape index (κ2) is 8.08.